The highest BCUT2D eigenvalue weighted by Crippen LogP contribution is 2.56. The Balaban J connectivity index is 1.67. The summed E-state index contributed by atoms with van der Waals surface area (Å²) < 4.78 is 35.8. The van der Waals surface area contributed by atoms with Gasteiger partial charge in [-0.2, -0.15) is 4.31 Å². The molecule has 116 valence electrons. The van der Waals surface area contributed by atoms with Gasteiger partial charge >= 0.3 is 11.9 Å². The molecule has 0 aromatic heterocycles. The third-order valence-electron chi connectivity index (χ3n) is 4.80. The Morgan fingerprint density at radius 2 is 2.10 bits per heavy atom. The number of hydrogen-bond acceptors (Lipinski definition) is 6. The van der Waals surface area contributed by atoms with Crippen molar-refractivity contribution in [3.05, 3.63) is 12.7 Å². The Bertz CT molecular complexity index is 600. The molecule has 7 nitrogen and oxygen atoms in total. The zero-order chi connectivity index (χ0) is 15.4. The van der Waals surface area contributed by atoms with Crippen LogP contribution in [0.5, 0.6) is 0 Å². The first-order valence-corrected chi connectivity index (χ1v) is 8.32. The standard InChI is InChI=1S/C13H17NO6S/c1-3-10(15)19-6-11(16)20-13-7-4-8-9(5-7)21(17,18)14(2)12(8)13/h3,7-9,12-13H,1,4-6H2,2H3. The largest absolute Gasteiger partial charge is 0.458 e. The highest BCUT2D eigenvalue weighted by molar-refractivity contribution is 7.90. The number of nitrogens with zero attached hydrogens (tertiary/aromatic N) is 1. The van der Waals surface area contributed by atoms with Crippen LogP contribution >= 0.6 is 0 Å². The Hall–Kier alpha value is -1.41. The summed E-state index contributed by atoms with van der Waals surface area (Å²) >= 11 is 0. The van der Waals surface area contributed by atoms with Gasteiger partial charge < -0.3 is 9.47 Å². The molecular formula is C13H17NO6S. The Labute approximate surface area is 122 Å². The van der Waals surface area contributed by atoms with Crippen molar-refractivity contribution < 1.29 is 27.5 Å². The fourth-order valence-electron chi connectivity index (χ4n) is 3.96. The number of esters is 2. The molecule has 3 rings (SSSR count). The molecule has 2 saturated carbocycles. The molecule has 8 heteroatoms. The van der Waals surface area contributed by atoms with Crippen molar-refractivity contribution in [2.45, 2.75) is 30.2 Å². The van der Waals surface area contributed by atoms with Gasteiger partial charge in [-0.1, -0.05) is 6.58 Å². The second-order valence-electron chi connectivity index (χ2n) is 5.75. The second-order valence-corrected chi connectivity index (χ2v) is 7.96. The SMILES string of the molecule is C=CC(=O)OCC(=O)OC1C2CC3C1N(C)S(=O)(=O)C3C2. The molecule has 0 amide bonds. The number of likely N-dealkylation sites (N-methyl/N-ethyl adjacent to an activating group) is 1. The van der Waals surface area contributed by atoms with Crippen LogP contribution in [-0.2, 0) is 29.1 Å². The topological polar surface area (TPSA) is 90.0 Å². The molecule has 3 fully saturated rings. The van der Waals surface area contributed by atoms with E-state index in [2.05, 4.69) is 11.3 Å². The fraction of sp³-hybridized carbons (Fsp3) is 0.692. The number of rotatable bonds is 4. The molecule has 1 aliphatic heterocycles. The lowest BCUT2D eigenvalue weighted by Gasteiger charge is -2.28. The number of hydrogen-bond donors (Lipinski definition) is 0. The molecule has 0 spiro atoms. The molecule has 2 bridgehead atoms. The Morgan fingerprint density at radius 3 is 2.76 bits per heavy atom. The van der Waals surface area contributed by atoms with E-state index in [1.807, 2.05) is 0 Å². The lowest BCUT2D eigenvalue weighted by molar-refractivity contribution is -0.163. The summed E-state index contributed by atoms with van der Waals surface area (Å²) in [6.45, 7) is 2.75. The van der Waals surface area contributed by atoms with Crippen molar-refractivity contribution in [3.8, 4) is 0 Å². The van der Waals surface area contributed by atoms with E-state index in [1.54, 1.807) is 7.05 Å². The Morgan fingerprint density at radius 1 is 1.38 bits per heavy atom. The smallest absolute Gasteiger partial charge is 0.344 e. The molecule has 0 aromatic carbocycles. The van der Waals surface area contributed by atoms with Crippen LogP contribution in [0.25, 0.3) is 0 Å². The summed E-state index contributed by atoms with van der Waals surface area (Å²) in [7, 11) is -1.72. The van der Waals surface area contributed by atoms with E-state index in [1.165, 1.54) is 4.31 Å². The van der Waals surface area contributed by atoms with Crippen LogP contribution in [0.3, 0.4) is 0 Å². The van der Waals surface area contributed by atoms with Crippen LogP contribution in [0.4, 0.5) is 0 Å². The van der Waals surface area contributed by atoms with Crippen molar-refractivity contribution in [2.75, 3.05) is 13.7 Å². The number of carbonyl (C=O) groups excluding carboxylic acids is 2. The zero-order valence-corrected chi connectivity index (χ0v) is 12.4. The van der Waals surface area contributed by atoms with E-state index >= 15 is 0 Å². The minimum Gasteiger partial charge on any atom is -0.458 e. The zero-order valence-electron chi connectivity index (χ0n) is 11.6. The molecule has 21 heavy (non-hydrogen) atoms. The molecule has 3 aliphatic rings. The minimum absolute atomic E-state index is 0.0403. The van der Waals surface area contributed by atoms with Crippen molar-refractivity contribution in [1.82, 2.24) is 4.31 Å². The van der Waals surface area contributed by atoms with Crippen LogP contribution in [-0.4, -0.2) is 55.7 Å². The van der Waals surface area contributed by atoms with Crippen LogP contribution in [0.15, 0.2) is 12.7 Å². The van der Waals surface area contributed by atoms with E-state index in [4.69, 9.17) is 4.74 Å². The maximum atomic E-state index is 12.2. The van der Waals surface area contributed by atoms with Gasteiger partial charge in [-0.15, -0.1) is 0 Å². The first-order chi connectivity index (χ1) is 9.86. The van der Waals surface area contributed by atoms with Gasteiger partial charge in [0.2, 0.25) is 10.0 Å². The molecule has 2 aliphatic carbocycles. The predicted molar refractivity (Wildman–Crippen MR) is 71.5 cm³/mol. The summed E-state index contributed by atoms with van der Waals surface area (Å²) in [4.78, 5) is 22.6. The molecule has 1 heterocycles. The summed E-state index contributed by atoms with van der Waals surface area (Å²) in [5.74, 6) is -1.24. The van der Waals surface area contributed by atoms with E-state index in [-0.39, 0.29) is 23.1 Å². The number of ether oxygens (including phenoxy) is 2. The highest BCUT2D eigenvalue weighted by atomic mass is 32.2. The van der Waals surface area contributed by atoms with Crippen molar-refractivity contribution in [3.63, 3.8) is 0 Å². The first-order valence-electron chi connectivity index (χ1n) is 6.81. The first kappa shape index (κ1) is 14.5. The van der Waals surface area contributed by atoms with E-state index in [0.717, 1.165) is 12.5 Å². The third kappa shape index (κ3) is 2.08. The van der Waals surface area contributed by atoms with Gasteiger partial charge in [0.1, 0.15) is 6.10 Å². The molecule has 0 N–H and O–H groups in total. The van der Waals surface area contributed by atoms with Gasteiger partial charge in [0.25, 0.3) is 0 Å². The van der Waals surface area contributed by atoms with Crippen LogP contribution in [0.2, 0.25) is 0 Å². The molecule has 1 saturated heterocycles. The molecule has 0 radical (unpaired) electrons. The predicted octanol–water partition coefficient (Wildman–Crippen LogP) is -0.320. The Kier molecular flexibility index (Phi) is 3.32. The van der Waals surface area contributed by atoms with Crippen LogP contribution in [0.1, 0.15) is 12.8 Å². The second kappa shape index (κ2) is 4.81. The molecular weight excluding hydrogens is 298 g/mol. The quantitative estimate of drug-likeness (QED) is 0.522. The maximum Gasteiger partial charge on any atom is 0.344 e. The van der Waals surface area contributed by atoms with Crippen LogP contribution in [0, 0.1) is 11.8 Å². The average Bonchev–Trinajstić information content (AvgIpc) is 3.05. The minimum atomic E-state index is -3.27. The number of sulfonamides is 1. The normalized spacial score (nSPS) is 39.2. The van der Waals surface area contributed by atoms with Crippen molar-refractivity contribution in [2.24, 2.45) is 11.8 Å². The van der Waals surface area contributed by atoms with Gasteiger partial charge in [-0.3, -0.25) is 0 Å². The van der Waals surface area contributed by atoms with E-state index in [9.17, 15) is 18.0 Å². The number of carbonyl (C=O) groups is 2. The van der Waals surface area contributed by atoms with Crippen LogP contribution < -0.4 is 0 Å². The van der Waals surface area contributed by atoms with Gasteiger partial charge in [0.15, 0.2) is 6.61 Å². The summed E-state index contributed by atoms with van der Waals surface area (Å²) in [5, 5.41) is -0.328. The monoisotopic (exact) mass is 315 g/mol. The van der Waals surface area contributed by atoms with Gasteiger partial charge in [-0.05, 0) is 24.7 Å². The summed E-state index contributed by atoms with van der Waals surface area (Å²) in [6.07, 6.45) is 1.83. The van der Waals surface area contributed by atoms with Gasteiger partial charge in [-0.25, -0.2) is 18.0 Å². The summed E-state index contributed by atoms with van der Waals surface area (Å²) in [5.41, 5.74) is 0. The number of fused-ring (bicyclic) bond motifs is 1. The average molecular weight is 315 g/mol. The molecule has 5 unspecified atom stereocenters. The molecule has 0 aromatic rings. The highest BCUT2D eigenvalue weighted by Gasteiger charge is 2.66. The lowest BCUT2D eigenvalue weighted by Crippen LogP contribution is -2.43. The van der Waals surface area contributed by atoms with E-state index in [0.29, 0.717) is 6.42 Å². The summed E-state index contributed by atoms with van der Waals surface area (Å²) in [6, 6.07) is -0.280. The molecule has 5 atom stereocenters. The fourth-order valence-corrected chi connectivity index (χ4v) is 6.21. The van der Waals surface area contributed by atoms with Crippen molar-refractivity contribution in [1.29, 1.82) is 0 Å². The maximum absolute atomic E-state index is 12.2. The lowest BCUT2D eigenvalue weighted by atomic mass is 9.92. The van der Waals surface area contributed by atoms with Crippen molar-refractivity contribution >= 4 is 22.0 Å². The van der Waals surface area contributed by atoms with Gasteiger partial charge in [0.05, 0.1) is 11.3 Å². The third-order valence-corrected chi connectivity index (χ3v) is 7.15. The van der Waals surface area contributed by atoms with E-state index < -0.39 is 34.7 Å². The van der Waals surface area contributed by atoms with Gasteiger partial charge in [0, 0.05) is 13.1 Å².